The van der Waals surface area contributed by atoms with Crippen molar-refractivity contribution in [3.05, 3.63) is 35.5 Å². The second kappa shape index (κ2) is 4.25. The molecule has 1 aromatic heterocycles. The molecule has 3 rings (SSSR count). The van der Waals surface area contributed by atoms with Crippen molar-refractivity contribution in [1.29, 1.82) is 0 Å². The van der Waals surface area contributed by atoms with Crippen molar-refractivity contribution in [2.24, 2.45) is 5.84 Å². The number of fused-ring (bicyclic) bond motifs is 1. The van der Waals surface area contributed by atoms with E-state index in [-0.39, 0.29) is 0 Å². The van der Waals surface area contributed by atoms with Crippen LogP contribution in [0.4, 0.5) is 5.69 Å². The number of nitrogens with zero attached hydrogens (tertiary/aromatic N) is 1. The van der Waals surface area contributed by atoms with E-state index in [9.17, 15) is 0 Å². The van der Waals surface area contributed by atoms with E-state index < -0.39 is 0 Å². The third-order valence-corrected chi connectivity index (χ3v) is 3.67. The number of aromatic nitrogens is 1. The number of hydrogen-bond donors (Lipinski definition) is 2. The van der Waals surface area contributed by atoms with Crippen LogP contribution in [0.2, 0.25) is 0 Å². The van der Waals surface area contributed by atoms with E-state index in [0.29, 0.717) is 11.8 Å². The van der Waals surface area contributed by atoms with E-state index >= 15 is 0 Å². The predicted octanol–water partition coefficient (Wildman–Crippen LogP) is 3.52. The molecule has 1 fully saturated rings. The van der Waals surface area contributed by atoms with Gasteiger partial charge in [0.1, 0.15) is 0 Å². The highest BCUT2D eigenvalue weighted by Gasteiger charge is 2.25. The quantitative estimate of drug-likeness (QED) is 0.638. The van der Waals surface area contributed by atoms with E-state index in [1.807, 2.05) is 0 Å². The molecule has 1 aliphatic rings. The highest BCUT2D eigenvalue weighted by atomic mass is 15.2. The number of hydrazine groups is 1. The predicted molar refractivity (Wildman–Crippen MR) is 75.6 cm³/mol. The maximum Gasteiger partial charge on any atom is 0.0726 e. The number of benzene rings is 1. The number of rotatable bonds is 3. The van der Waals surface area contributed by atoms with Gasteiger partial charge in [-0.25, -0.2) is 0 Å². The Bertz CT molecular complexity index is 586. The molecule has 3 nitrogen and oxygen atoms in total. The van der Waals surface area contributed by atoms with Gasteiger partial charge in [0, 0.05) is 17.0 Å². The number of nitrogens with one attached hydrogen (secondary N) is 1. The Hall–Kier alpha value is -1.61. The third-order valence-electron chi connectivity index (χ3n) is 3.67. The second-order valence-electron chi connectivity index (χ2n) is 5.44. The molecule has 0 atom stereocenters. The average molecular weight is 241 g/mol. The van der Waals surface area contributed by atoms with Crippen molar-refractivity contribution < 1.29 is 0 Å². The summed E-state index contributed by atoms with van der Waals surface area (Å²) in [5.41, 5.74) is 7.34. The summed E-state index contributed by atoms with van der Waals surface area (Å²) in [6, 6.07) is 8.57. The van der Waals surface area contributed by atoms with Gasteiger partial charge in [-0.1, -0.05) is 19.9 Å². The second-order valence-corrected chi connectivity index (χ2v) is 5.44. The smallest absolute Gasteiger partial charge is 0.0726 e. The Kier molecular flexibility index (Phi) is 2.71. The molecule has 3 heteroatoms. The molecule has 18 heavy (non-hydrogen) atoms. The number of anilines is 1. The van der Waals surface area contributed by atoms with Crippen LogP contribution < -0.4 is 11.3 Å². The average Bonchev–Trinajstić information content (AvgIpc) is 3.20. The van der Waals surface area contributed by atoms with Crippen LogP contribution in [0.25, 0.3) is 10.9 Å². The summed E-state index contributed by atoms with van der Waals surface area (Å²) in [5, 5.41) is 1.12. The minimum Gasteiger partial charge on any atom is -0.323 e. The first-order chi connectivity index (χ1) is 8.69. The molecule has 1 heterocycles. The van der Waals surface area contributed by atoms with Gasteiger partial charge in [-0.05, 0) is 42.5 Å². The van der Waals surface area contributed by atoms with E-state index in [4.69, 9.17) is 10.8 Å². The molecule has 0 saturated heterocycles. The lowest BCUT2D eigenvalue weighted by molar-refractivity contribution is 0.868. The number of hydrogen-bond acceptors (Lipinski definition) is 3. The molecule has 2 aromatic rings. The van der Waals surface area contributed by atoms with Gasteiger partial charge < -0.3 is 5.43 Å². The lowest BCUT2D eigenvalue weighted by Crippen LogP contribution is -2.08. The highest BCUT2D eigenvalue weighted by Crippen LogP contribution is 2.41. The normalized spacial score (nSPS) is 15.3. The van der Waals surface area contributed by atoms with Crippen LogP contribution in [0.5, 0.6) is 0 Å². The van der Waals surface area contributed by atoms with Gasteiger partial charge in [0.15, 0.2) is 0 Å². The fourth-order valence-electron chi connectivity index (χ4n) is 2.33. The molecule has 1 aromatic carbocycles. The van der Waals surface area contributed by atoms with Crippen molar-refractivity contribution in [3.8, 4) is 0 Å². The van der Waals surface area contributed by atoms with Crippen molar-refractivity contribution in [3.63, 3.8) is 0 Å². The zero-order valence-electron chi connectivity index (χ0n) is 10.9. The van der Waals surface area contributed by atoms with E-state index in [1.54, 1.807) is 0 Å². The molecule has 0 bridgehead atoms. The van der Waals surface area contributed by atoms with Gasteiger partial charge in [0.2, 0.25) is 0 Å². The summed E-state index contributed by atoms with van der Waals surface area (Å²) >= 11 is 0. The third kappa shape index (κ3) is 1.95. The minimum absolute atomic E-state index is 0.517. The Morgan fingerprint density at radius 3 is 2.67 bits per heavy atom. The van der Waals surface area contributed by atoms with Crippen LogP contribution >= 0.6 is 0 Å². The Labute approximate surface area is 107 Å². The fourth-order valence-corrected chi connectivity index (χ4v) is 2.33. The largest absolute Gasteiger partial charge is 0.323 e. The van der Waals surface area contributed by atoms with Gasteiger partial charge in [-0.15, -0.1) is 0 Å². The lowest BCUT2D eigenvalue weighted by atomic mass is 10.00. The topological polar surface area (TPSA) is 50.9 Å². The van der Waals surface area contributed by atoms with Crippen LogP contribution in [0.15, 0.2) is 24.3 Å². The Balaban J connectivity index is 2.18. The highest BCUT2D eigenvalue weighted by molar-refractivity contribution is 5.92. The molecule has 0 spiro atoms. The van der Waals surface area contributed by atoms with Gasteiger partial charge in [0.25, 0.3) is 0 Å². The monoisotopic (exact) mass is 241 g/mol. The molecule has 0 aliphatic heterocycles. The van der Waals surface area contributed by atoms with Gasteiger partial charge in [-0.2, -0.15) is 0 Å². The number of nitrogen functional groups attached to an aromatic ring is 1. The maximum atomic E-state index is 5.65. The maximum absolute atomic E-state index is 5.65. The minimum atomic E-state index is 0.517. The molecular formula is C15H19N3. The first kappa shape index (κ1) is 11.5. The van der Waals surface area contributed by atoms with Gasteiger partial charge >= 0.3 is 0 Å². The summed E-state index contributed by atoms with van der Waals surface area (Å²) in [6.45, 7) is 4.39. The molecule has 3 N–H and O–H groups in total. The van der Waals surface area contributed by atoms with Crippen LogP contribution in [-0.4, -0.2) is 4.98 Å². The summed E-state index contributed by atoms with van der Waals surface area (Å²) < 4.78 is 0. The van der Waals surface area contributed by atoms with Crippen molar-refractivity contribution in [2.45, 2.75) is 38.5 Å². The fraction of sp³-hybridized carbons (Fsp3) is 0.400. The van der Waals surface area contributed by atoms with E-state index in [0.717, 1.165) is 16.6 Å². The molecule has 1 aliphatic carbocycles. The molecule has 0 amide bonds. The summed E-state index contributed by atoms with van der Waals surface area (Å²) in [6.07, 6.45) is 2.51. The summed E-state index contributed by atoms with van der Waals surface area (Å²) in [7, 11) is 0. The van der Waals surface area contributed by atoms with Gasteiger partial charge in [-0.3, -0.25) is 10.8 Å². The number of pyridine rings is 1. The SMILES string of the molecule is CC(C)c1ccc2nc(C3CC3)cc(NN)c2c1. The Morgan fingerprint density at radius 1 is 1.28 bits per heavy atom. The lowest BCUT2D eigenvalue weighted by Gasteiger charge is -2.11. The van der Waals surface area contributed by atoms with Gasteiger partial charge in [0.05, 0.1) is 11.2 Å². The zero-order chi connectivity index (χ0) is 12.7. The number of nitrogens with two attached hydrogens (primary N) is 1. The molecule has 0 radical (unpaired) electrons. The first-order valence-corrected chi connectivity index (χ1v) is 6.60. The van der Waals surface area contributed by atoms with E-state index in [2.05, 4.69) is 43.5 Å². The summed E-state index contributed by atoms with van der Waals surface area (Å²) in [4.78, 5) is 4.75. The Morgan fingerprint density at radius 2 is 2.06 bits per heavy atom. The summed E-state index contributed by atoms with van der Waals surface area (Å²) in [5.74, 6) is 6.82. The molecule has 1 saturated carbocycles. The van der Waals surface area contributed by atoms with Crippen molar-refractivity contribution >= 4 is 16.6 Å². The van der Waals surface area contributed by atoms with Crippen molar-refractivity contribution in [2.75, 3.05) is 5.43 Å². The molecule has 0 unspecified atom stereocenters. The van der Waals surface area contributed by atoms with Crippen LogP contribution in [-0.2, 0) is 0 Å². The van der Waals surface area contributed by atoms with Crippen molar-refractivity contribution in [1.82, 2.24) is 4.98 Å². The molecular weight excluding hydrogens is 222 g/mol. The molecule has 94 valence electrons. The first-order valence-electron chi connectivity index (χ1n) is 6.60. The zero-order valence-corrected chi connectivity index (χ0v) is 10.9. The standard InChI is InChI=1S/C15H19N3/c1-9(2)11-5-6-13-12(7-11)15(18-16)8-14(17-13)10-3-4-10/h5-10H,3-4,16H2,1-2H3,(H,17,18). The van der Waals surface area contributed by atoms with Crippen LogP contribution in [0, 0.1) is 0 Å². The van der Waals surface area contributed by atoms with E-state index in [1.165, 1.54) is 24.1 Å². The van der Waals surface area contributed by atoms with Crippen LogP contribution in [0.3, 0.4) is 0 Å². The van der Waals surface area contributed by atoms with Crippen LogP contribution in [0.1, 0.15) is 49.8 Å².